The Kier molecular flexibility index (Phi) is 8.42. The molecule has 0 amide bonds. The number of pyridine rings is 1. The van der Waals surface area contributed by atoms with Crippen molar-refractivity contribution in [3.63, 3.8) is 0 Å². The van der Waals surface area contributed by atoms with Crippen molar-refractivity contribution in [3.8, 4) is 0 Å². The Bertz CT molecular complexity index is 1260. The van der Waals surface area contributed by atoms with Crippen LogP contribution in [0.15, 0.2) is 66.9 Å². The number of aromatic nitrogens is 1. The second kappa shape index (κ2) is 11.4. The summed E-state index contributed by atoms with van der Waals surface area (Å²) < 4.78 is 18.0. The molecule has 0 atom stereocenters. The van der Waals surface area contributed by atoms with Gasteiger partial charge in [0.05, 0.1) is 19.8 Å². The van der Waals surface area contributed by atoms with E-state index in [1.165, 1.54) is 10.4 Å². The summed E-state index contributed by atoms with van der Waals surface area (Å²) in [5, 5.41) is 2.19. The first-order valence-corrected chi connectivity index (χ1v) is 15.6. The number of benzene rings is 2. The molecule has 0 saturated heterocycles. The maximum Gasteiger partial charge on any atom is 0.324 e. The Balaban J connectivity index is 1.79. The summed E-state index contributed by atoms with van der Waals surface area (Å²) in [5.41, 5.74) is 2.11. The lowest BCUT2D eigenvalue weighted by molar-refractivity contribution is -0.171. The van der Waals surface area contributed by atoms with Crippen LogP contribution in [-0.2, 0) is 42.9 Å². The maximum absolute atomic E-state index is 13.2. The molecule has 0 fully saturated rings. The molecule has 0 bridgehead atoms. The van der Waals surface area contributed by atoms with Crippen molar-refractivity contribution in [1.82, 2.24) is 4.98 Å². The lowest BCUT2D eigenvalue weighted by Gasteiger charge is -2.43. The van der Waals surface area contributed by atoms with Gasteiger partial charge in [0, 0.05) is 24.7 Å². The van der Waals surface area contributed by atoms with Gasteiger partial charge in [-0.05, 0) is 52.9 Å². The second-order valence-corrected chi connectivity index (χ2v) is 15.5. The highest BCUT2D eigenvalue weighted by molar-refractivity contribution is 6.99. The van der Waals surface area contributed by atoms with E-state index in [1.807, 2.05) is 25.3 Å². The number of aryl methyl sites for hydroxylation is 1. The molecule has 0 unspecified atom stereocenters. The summed E-state index contributed by atoms with van der Waals surface area (Å²) in [5.74, 6) is -1.09. The Morgan fingerprint density at radius 1 is 0.846 bits per heavy atom. The standard InChI is InChI=1S/C32H39NO5Si/c1-7-36-29(34)32(30(35)37-8-2)19-27-23(3)33-21-24(28(27)20-32)22-38-39(31(4,5)6,25-15-11-9-12-16-25)26-17-13-10-14-18-26/h9-18,21H,7-8,19-20,22H2,1-6H3. The van der Waals surface area contributed by atoms with Gasteiger partial charge in [0.1, 0.15) is 0 Å². The van der Waals surface area contributed by atoms with Crippen LogP contribution in [0.3, 0.4) is 0 Å². The highest BCUT2D eigenvalue weighted by Gasteiger charge is 2.55. The molecule has 1 heterocycles. The van der Waals surface area contributed by atoms with Crippen LogP contribution in [0.1, 0.15) is 57.0 Å². The van der Waals surface area contributed by atoms with Crippen LogP contribution in [0.2, 0.25) is 5.04 Å². The van der Waals surface area contributed by atoms with E-state index in [4.69, 9.17) is 13.9 Å². The molecule has 206 valence electrons. The first-order valence-electron chi connectivity index (χ1n) is 13.7. The molecular formula is C32H39NO5Si. The van der Waals surface area contributed by atoms with E-state index in [-0.39, 0.29) is 31.1 Å². The van der Waals surface area contributed by atoms with Gasteiger partial charge in [-0.3, -0.25) is 14.6 Å². The van der Waals surface area contributed by atoms with Crippen LogP contribution >= 0.6 is 0 Å². The highest BCUT2D eigenvalue weighted by Crippen LogP contribution is 2.43. The molecule has 4 rings (SSSR count). The van der Waals surface area contributed by atoms with Gasteiger partial charge in [-0.1, -0.05) is 81.4 Å². The molecule has 1 aromatic heterocycles. The Labute approximate surface area is 232 Å². The van der Waals surface area contributed by atoms with E-state index in [0.29, 0.717) is 6.61 Å². The largest absolute Gasteiger partial charge is 0.465 e. The zero-order valence-electron chi connectivity index (χ0n) is 23.9. The SMILES string of the molecule is CCOC(=O)C1(C(=O)OCC)Cc2c(CO[Si](c3ccccc3)(c3ccccc3)C(C)(C)C)cnc(C)c2C1. The van der Waals surface area contributed by atoms with E-state index in [2.05, 4.69) is 74.3 Å². The number of nitrogens with zero attached hydrogens (tertiary/aromatic N) is 1. The summed E-state index contributed by atoms with van der Waals surface area (Å²) in [6, 6.07) is 20.9. The number of rotatable bonds is 9. The minimum absolute atomic E-state index is 0.184. The molecule has 0 aliphatic heterocycles. The quantitative estimate of drug-likeness (QED) is 0.221. The molecule has 1 aliphatic rings. The van der Waals surface area contributed by atoms with Gasteiger partial charge in [-0.25, -0.2) is 0 Å². The number of hydrogen-bond donors (Lipinski definition) is 0. The summed E-state index contributed by atoms with van der Waals surface area (Å²) in [6.45, 7) is 12.8. The predicted molar refractivity (Wildman–Crippen MR) is 154 cm³/mol. The normalized spacial score (nSPS) is 14.5. The van der Waals surface area contributed by atoms with E-state index in [9.17, 15) is 9.59 Å². The summed E-state index contributed by atoms with van der Waals surface area (Å²) in [7, 11) is -2.79. The maximum atomic E-state index is 13.2. The van der Waals surface area contributed by atoms with Gasteiger partial charge < -0.3 is 13.9 Å². The van der Waals surface area contributed by atoms with Gasteiger partial charge in [0.15, 0.2) is 5.41 Å². The zero-order chi connectivity index (χ0) is 28.3. The molecule has 0 saturated carbocycles. The third-order valence-electron chi connectivity index (χ3n) is 7.75. The van der Waals surface area contributed by atoms with Crippen LogP contribution in [0.25, 0.3) is 0 Å². The van der Waals surface area contributed by atoms with Crippen LogP contribution in [0, 0.1) is 12.3 Å². The molecule has 2 aromatic carbocycles. The number of ether oxygens (including phenoxy) is 2. The van der Waals surface area contributed by atoms with Crippen molar-refractivity contribution in [2.45, 2.75) is 66.0 Å². The number of esters is 2. The molecule has 6 nitrogen and oxygen atoms in total. The molecule has 0 radical (unpaired) electrons. The van der Waals surface area contributed by atoms with E-state index in [1.54, 1.807) is 13.8 Å². The lowest BCUT2D eigenvalue weighted by atomic mass is 9.84. The number of carbonyl (C=O) groups excluding carboxylic acids is 2. The number of carbonyl (C=O) groups is 2. The molecule has 1 aliphatic carbocycles. The van der Waals surface area contributed by atoms with Crippen LogP contribution in [0.5, 0.6) is 0 Å². The third kappa shape index (κ3) is 5.17. The Hall–Kier alpha value is -3.29. The molecule has 39 heavy (non-hydrogen) atoms. The average Bonchev–Trinajstić information content (AvgIpc) is 3.34. The molecule has 0 spiro atoms. The van der Waals surface area contributed by atoms with Gasteiger partial charge in [0.2, 0.25) is 0 Å². The van der Waals surface area contributed by atoms with Crippen LogP contribution in [0.4, 0.5) is 0 Å². The summed E-state index contributed by atoms with van der Waals surface area (Å²) >= 11 is 0. The first kappa shape index (κ1) is 28.7. The third-order valence-corrected chi connectivity index (χ3v) is 12.7. The van der Waals surface area contributed by atoms with Crippen molar-refractivity contribution < 1.29 is 23.5 Å². The van der Waals surface area contributed by atoms with Crippen molar-refractivity contribution >= 4 is 30.6 Å². The number of fused-ring (bicyclic) bond motifs is 1. The van der Waals surface area contributed by atoms with Crippen LogP contribution < -0.4 is 10.4 Å². The van der Waals surface area contributed by atoms with Crippen molar-refractivity contribution in [2.75, 3.05) is 13.2 Å². The topological polar surface area (TPSA) is 74.7 Å². The van der Waals surface area contributed by atoms with Gasteiger partial charge in [-0.15, -0.1) is 0 Å². The fourth-order valence-electron chi connectivity index (χ4n) is 5.85. The average molecular weight is 546 g/mol. The van der Waals surface area contributed by atoms with E-state index < -0.39 is 25.7 Å². The van der Waals surface area contributed by atoms with Crippen LogP contribution in [-0.4, -0.2) is 38.5 Å². The van der Waals surface area contributed by atoms with Crippen molar-refractivity contribution in [1.29, 1.82) is 0 Å². The highest BCUT2D eigenvalue weighted by atomic mass is 28.4. The molecule has 0 N–H and O–H groups in total. The fraction of sp³-hybridized carbons (Fsp3) is 0.406. The minimum atomic E-state index is -2.79. The Morgan fingerprint density at radius 3 is 1.79 bits per heavy atom. The monoisotopic (exact) mass is 545 g/mol. The molecule has 7 heteroatoms. The molecular weight excluding hydrogens is 506 g/mol. The minimum Gasteiger partial charge on any atom is -0.465 e. The van der Waals surface area contributed by atoms with Crippen molar-refractivity contribution in [3.05, 3.63) is 89.2 Å². The Morgan fingerprint density at radius 2 is 1.33 bits per heavy atom. The number of hydrogen-bond acceptors (Lipinski definition) is 6. The molecule has 3 aromatic rings. The van der Waals surface area contributed by atoms with Gasteiger partial charge >= 0.3 is 11.9 Å². The van der Waals surface area contributed by atoms with Gasteiger partial charge in [0.25, 0.3) is 8.32 Å². The van der Waals surface area contributed by atoms with E-state index in [0.717, 1.165) is 22.4 Å². The van der Waals surface area contributed by atoms with E-state index >= 15 is 0 Å². The fourth-order valence-corrected chi connectivity index (χ4v) is 10.4. The second-order valence-electron chi connectivity index (χ2n) is 11.2. The van der Waals surface area contributed by atoms with Crippen molar-refractivity contribution in [2.24, 2.45) is 5.41 Å². The predicted octanol–water partition coefficient (Wildman–Crippen LogP) is 4.68. The lowest BCUT2D eigenvalue weighted by Crippen LogP contribution is -2.66. The van der Waals surface area contributed by atoms with Gasteiger partial charge in [-0.2, -0.15) is 0 Å². The zero-order valence-corrected chi connectivity index (χ0v) is 24.9. The summed E-state index contributed by atoms with van der Waals surface area (Å²) in [6.07, 6.45) is 2.26. The summed E-state index contributed by atoms with van der Waals surface area (Å²) in [4.78, 5) is 31.1. The smallest absolute Gasteiger partial charge is 0.324 e. The first-order chi connectivity index (χ1) is 18.6.